The van der Waals surface area contributed by atoms with Gasteiger partial charge >= 0.3 is 5.97 Å². The number of hydrogen-bond donors (Lipinski definition) is 1. The molecule has 18 heavy (non-hydrogen) atoms. The molecule has 4 heteroatoms. The van der Waals surface area contributed by atoms with Crippen LogP contribution >= 0.6 is 0 Å². The summed E-state index contributed by atoms with van der Waals surface area (Å²) in [5.74, 6) is 1.62. The van der Waals surface area contributed by atoms with Gasteiger partial charge in [0.2, 0.25) is 0 Å². The van der Waals surface area contributed by atoms with Gasteiger partial charge in [0, 0.05) is 25.9 Å². The van der Waals surface area contributed by atoms with E-state index in [9.17, 15) is 4.79 Å². The first kappa shape index (κ1) is 12.6. The molecule has 96 valence electrons. The molecule has 4 nitrogen and oxygen atoms in total. The largest absolute Gasteiger partial charge is 0.478 e. The Hall–Kier alpha value is -1.84. The predicted molar refractivity (Wildman–Crippen MR) is 71.4 cm³/mol. The Morgan fingerprint density at radius 3 is 2.83 bits per heavy atom. The van der Waals surface area contributed by atoms with Crippen molar-refractivity contribution in [1.29, 1.82) is 0 Å². The van der Waals surface area contributed by atoms with Crippen molar-refractivity contribution in [1.82, 2.24) is 4.98 Å². The second-order valence-electron chi connectivity index (χ2n) is 4.97. The molecule has 0 aliphatic heterocycles. The van der Waals surface area contributed by atoms with Crippen molar-refractivity contribution in [3.05, 3.63) is 30.0 Å². The Kier molecular flexibility index (Phi) is 3.65. The summed E-state index contributed by atoms with van der Waals surface area (Å²) >= 11 is 0. The third kappa shape index (κ3) is 3.32. The van der Waals surface area contributed by atoms with Crippen LogP contribution in [0.1, 0.15) is 18.9 Å². The summed E-state index contributed by atoms with van der Waals surface area (Å²) in [7, 11) is 2.04. The molecule has 2 atom stereocenters. The van der Waals surface area contributed by atoms with E-state index in [1.165, 1.54) is 6.42 Å². The van der Waals surface area contributed by atoms with E-state index >= 15 is 0 Å². The van der Waals surface area contributed by atoms with Gasteiger partial charge in [-0.25, -0.2) is 9.78 Å². The van der Waals surface area contributed by atoms with Crippen LogP contribution in [-0.4, -0.2) is 29.7 Å². The van der Waals surface area contributed by atoms with Gasteiger partial charge in [0.05, 0.1) is 0 Å². The molecule has 1 aliphatic carbocycles. The summed E-state index contributed by atoms with van der Waals surface area (Å²) in [5.41, 5.74) is 0.800. The van der Waals surface area contributed by atoms with E-state index in [1.807, 2.05) is 19.2 Å². The first-order chi connectivity index (χ1) is 8.56. The van der Waals surface area contributed by atoms with E-state index in [2.05, 4.69) is 16.8 Å². The maximum absolute atomic E-state index is 10.4. The molecule has 0 radical (unpaired) electrons. The Balaban J connectivity index is 1.96. The lowest BCUT2D eigenvalue weighted by Gasteiger charge is -2.17. The van der Waals surface area contributed by atoms with Gasteiger partial charge in [0.15, 0.2) is 0 Å². The van der Waals surface area contributed by atoms with Crippen LogP contribution in [0.15, 0.2) is 24.4 Å². The zero-order chi connectivity index (χ0) is 13.1. The summed E-state index contributed by atoms with van der Waals surface area (Å²) in [6.07, 6.45) is 5.67. The van der Waals surface area contributed by atoms with Crippen molar-refractivity contribution >= 4 is 17.9 Å². The number of anilines is 1. The van der Waals surface area contributed by atoms with Gasteiger partial charge in [-0.05, 0) is 42.0 Å². The molecular weight excluding hydrogens is 228 g/mol. The number of aliphatic carboxylic acids is 1. The van der Waals surface area contributed by atoms with Crippen LogP contribution in [-0.2, 0) is 4.79 Å². The lowest BCUT2D eigenvalue weighted by atomic mass is 10.2. The zero-order valence-corrected chi connectivity index (χ0v) is 10.7. The highest BCUT2D eigenvalue weighted by molar-refractivity contribution is 5.85. The smallest absolute Gasteiger partial charge is 0.328 e. The third-order valence-corrected chi connectivity index (χ3v) is 3.36. The summed E-state index contributed by atoms with van der Waals surface area (Å²) in [6.45, 7) is 3.31. The maximum atomic E-state index is 10.4. The van der Waals surface area contributed by atoms with Gasteiger partial charge in [-0.1, -0.05) is 6.92 Å². The lowest BCUT2D eigenvalue weighted by molar-refractivity contribution is -0.131. The molecule has 0 amide bonds. The fourth-order valence-electron chi connectivity index (χ4n) is 1.99. The van der Waals surface area contributed by atoms with Gasteiger partial charge < -0.3 is 10.0 Å². The normalized spacial score (nSPS) is 22.1. The minimum Gasteiger partial charge on any atom is -0.478 e. The Morgan fingerprint density at radius 1 is 1.61 bits per heavy atom. The monoisotopic (exact) mass is 246 g/mol. The molecule has 1 N–H and O–H groups in total. The number of aromatic nitrogens is 1. The maximum Gasteiger partial charge on any atom is 0.328 e. The van der Waals surface area contributed by atoms with Crippen LogP contribution in [0.3, 0.4) is 0 Å². The summed E-state index contributed by atoms with van der Waals surface area (Å²) in [6, 6.07) is 3.81. The molecule has 0 saturated heterocycles. The van der Waals surface area contributed by atoms with Crippen molar-refractivity contribution in [3.63, 3.8) is 0 Å². The van der Waals surface area contributed by atoms with E-state index in [0.717, 1.165) is 35.8 Å². The van der Waals surface area contributed by atoms with E-state index in [1.54, 1.807) is 12.3 Å². The number of carboxylic acid groups (broad SMARTS) is 1. The second-order valence-corrected chi connectivity index (χ2v) is 4.97. The second kappa shape index (κ2) is 5.21. The molecule has 2 rings (SSSR count). The number of rotatable bonds is 5. The van der Waals surface area contributed by atoms with Crippen LogP contribution in [0, 0.1) is 11.8 Å². The van der Waals surface area contributed by atoms with Crippen molar-refractivity contribution < 1.29 is 9.90 Å². The van der Waals surface area contributed by atoms with E-state index in [4.69, 9.17) is 5.11 Å². The van der Waals surface area contributed by atoms with Gasteiger partial charge in [-0.2, -0.15) is 0 Å². The summed E-state index contributed by atoms with van der Waals surface area (Å²) in [4.78, 5) is 16.9. The van der Waals surface area contributed by atoms with Crippen molar-refractivity contribution in [2.45, 2.75) is 13.3 Å². The highest BCUT2D eigenvalue weighted by Gasteiger charge is 2.33. The number of pyridine rings is 1. The van der Waals surface area contributed by atoms with E-state index < -0.39 is 5.97 Å². The Bertz CT molecular complexity index is 453. The van der Waals surface area contributed by atoms with Gasteiger partial charge in [0.25, 0.3) is 0 Å². The van der Waals surface area contributed by atoms with Gasteiger partial charge in [-0.3, -0.25) is 0 Å². The van der Waals surface area contributed by atoms with Gasteiger partial charge in [0.1, 0.15) is 5.82 Å². The van der Waals surface area contributed by atoms with Crippen LogP contribution in [0.25, 0.3) is 6.08 Å². The quantitative estimate of drug-likeness (QED) is 0.810. The van der Waals surface area contributed by atoms with Crippen LogP contribution < -0.4 is 4.90 Å². The molecule has 1 saturated carbocycles. The highest BCUT2D eigenvalue weighted by atomic mass is 16.4. The number of nitrogens with zero attached hydrogens (tertiary/aromatic N) is 2. The molecule has 0 bridgehead atoms. The summed E-state index contributed by atoms with van der Waals surface area (Å²) < 4.78 is 0. The van der Waals surface area contributed by atoms with Crippen molar-refractivity contribution in [3.8, 4) is 0 Å². The molecular formula is C14H18N2O2. The van der Waals surface area contributed by atoms with Crippen LogP contribution in [0.2, 0.25) is 0 Å². The molecule has 1 aliphatic rings. The average Bonchev–Trinajstić information content (AvgIpc) is 3.03. The average molecular weight is 246 g/mol. The molecule has 1 fully saturated rings. The van der Waals surface area contributed by atoms with Crippen LogP contribution in [0.5, 0.6) is 0 Å². The van der Waals surface area contributed by atoms with Crippen molar-refractivity contribution in [2.24, 2.45) is 11.8 Å². The standard InChI is InChI=1S/C14H18N2O2/c1-10-7-12(10)9-16(2)13-5-3-11(8-15-13)4-6-14(17)18/h3-6,8,10,12H,7,9H2,1-2H3,(H,17,18)/b6-4+. The minimum absolute atomic E-state index is 0.795. The first-order valence-corrected chi connectivity index (χ1v) is 6.14. The predicted octanol–water partition coefficient (Wildman–Crippen LogP) is 2.27. The zero-order valence-electron chi connectivity index (χ0n) is 10.7. The topological polar surface area (TPSA) is 53.4 Å². The number of carbonyl (C=O) groups is 1. The first-order valence-electron chi connectivity index (χ1n) is 6.14. The molecule has 2 unspecified atom stereocenters. The SMILES string of the molecule is CC1CC1CN(C)c1ccc(/C=C/C(=O)O)cn1. The van der Waals surface area contributed by atoms with Crippen LogP contribution in [0.4, 0.5) is 5.82 Å². The number of hydrogen-bond acceptors (Lipinski definition) is 3. The fourth-order valence-corrected chi connectivity index (χ4v) is 1.99. The highest BCUT2D eigenvalue weighted by Crippen LogP contribution is 2.38. The third-order valence-electron chi connectivity index (χ3n) is 3.36. The van der Waals surface area contributed by atoms with Gasteiger partial charge in [-0.15, -0.1) is 0 Å². The Labute approximate surface area is 107 Å². The lowest BCUT2D eigenvalue weighted by Crippen LogP contribution is -2.21. The molecule has 1 aromatic heterocycles. The number of carboxylic acids is 1. The molecule has 0 aromatic carbocycles. The molecule has 0 spiro atoms. The van der Waals surface area contributed by atoms with E-state index in [0.29, 0.717) is 0 Å². The van der Waals surface area contributed by atoms with Crippen molar-refractivity contribution in [2.75, 3.05) is 18.5 Å². The molecule has 1 heterocycles. The molecule has 1 aromatic rings. The fraction of sp³-hybridized carbons (Fsp3) is 0.429. The minimum atomic E-state index is -0.945. The summed E-state index contributed by atoms with van der Waals surface area (Å²) in [5, 5.41) is 8.53. The Morgan fingerprint density at radius 2 is 2.33 bits per heavy atom. The van der Waals surface area contributed by atoms with E-state index in [-0.39, 0.29) is 0 Å².